The van der Waals surface area contributed by atoms with Gasteiger partial charge in [-0.25, -0.2) is 4.79 Å². The van der Waals surface area contributed by atoms with E-state index in [9.17, 15) is 24.4 Å². The number of esters is 1. The van der Waals surface area contributed by atoms with Crippen molar-refractivity contribution in [2.24, 2.45) is 0 Å². The molecule has 0 spiro atoms. The Labute approximate surface area is 256 Å². The van der Waals surface area contributed by atoms with E-state index in [1.54, 1.807) is 30.3 Å². The van der Waals surface area contributed by atoms with Crippen LogP contribution in [0.1, 0.15) is 84.8 Å². The first kappa shape index (κ1) is 32.1. The second-order valence-electron chi connectivity index (χ2n) is 12.0. The molecule has 4 rings (SSSR count). The van der Waals surface area contributed by atoms with Gasteiger partial charge < -0.3 is 30.0 Å². The van der Waals surface area contributed by atoms with Gasteiger partial charge in [-0.3, -0.25) is 14.4 Å². The Balaban J connectivity index is 1.48. The molecule has 11 heteroatoms. The maximum atomic E-state index is 13.6. The number of fused-ring (bicyclic) bond motifs is 1. The van der Waals surface area contributed by atoms with Crippen LogP contribution in [0.15, 0.2) is 48.5 Å². The normalized spacial score (nSPS) is 16.4. The quantitative estimate of drug-likeness (QED) is 0.307. The van der Waals surface area contributed by atoms with Crippen molar-refractivity contribution in [3.63, 3.8) is 0 Å². The van der Waals surface area contributed by atoms with Gasteiger partial charge >= 0.3 is 12.1 Å². The molecule has 0 atom stereocenters. The molecule has 232 valence electrons. The van der Waals surface area contributed by atoms with E-state index in [1.807, 2.05) is 43.5 Å². The highest BCUT2D eigenvalue weighted by Gasteiger charge is 2.27. The number of nitrogens with zero attached hydrogens (tertiary/aromatic N) is 2. The van der Waals surface area contributed by atoms with Crippen LogP contribution in [0.3, 0.4) is 0 Å². The van der Waals surface area contributed by atoms with Crippen molar-refractivity contribution in [3.8, 4) is 6.07 Å². The third kappa shape index (κ3) is 8.60. The monoisotopic (exact) mass is 601 g/mol. The van der Waals surface area contributed by atoms with Crippen LogP contribution < -0.4 is 16.0 Å². The number of carbonyl (C=O) groups excluding carboxylic acids is 4. The molecule has 1 heterocycles. The predicted molar refractivity (Wildman–Crippen MR) is 164 cm³/mol. The van der Waals surface area contributed by atoms with Crippen LogP contribution in [0.2, 0.25) is 0 Å². The molecule has 1 aliphatic carbocycles. The molecule has 0 saturated heterocycles. The minimum atomic E-state index is -0.568. The Morgan fingerprint density at radius 1 is 0.955 bits per heavy atom. The van der Waals surface area contributed by atoms with Crippen LogP contribution >= 0.6 is 0 Å². The van der Waals surface area contributed by atoms with Crippen molar-refractivity contribution >= 4 is 34.8 Å². The molecule has 3 aromatic rings. The molecule has 0 radical (unpaired) electrons. The molecule has 1 aromatic heterocycles. The molecule has 11 nitrogen and oxygen atoms in total. The smallest absolute Gasteiger partial charge is 0.407 e. The average molecular weight is 602 g/mol. The number of methoxy groups -OCH3 is 1. The number of rotatable bonds is 9. The summed E-state index contributed by atoms with van der Waals surface area (Å²) in [6.07, 6.45) is 2.48. The van der Waals surface area contributed by atoms with Crippen molar-refractivity contribution in [2.75, 3.05) is 13.7 Å². The van der Waals surface area contributed by atoms with Crippen molar-refractivity contribution in [3.05, 3.63) is 70.9 Å². The first-order chi connectivity index (χ1) is 21.0. The fraction of sp³-hybridized carbons (Fsp3) is 0.424. The van der Waals surface area contributed by atoms with Gasteiger partial charge in [0, 0.05) is 36.1 Å². The maximum Gasteiger partial charge on any atom is 0.407 e. The molecular formula is C33H39N5O6. The summed E-state index contributed by atoms with van der Waals surface area (Å²) in [5.41, 5.74) is 2.28. The van der Waals surface area contributed by atoms with E-state index in [2.05, 4.69) is 26.8 Å². The highest BCUT2D eigenvalue weighted by molar-refractivity contribution is 5.99. The van der Waals surface area contributed by atoms with E-state index in [4.69, 9.17) is 4.74 Å². The standard InChI is InChI=1S/C33H39N5O6/c1-33(2,3)44-32(42)37-26-12-10-25(11-13-26)36-31(41)28-18-23-9-8-21(19-34)17-27(23)38(28)20-22-6-5-7-24(16-22)30(40)35-15-14-29(39)43-4/h5-9,16-18,25-26H,10-15,20H2,1-4H3,(H,35,40)(H,36,41)(H,37,42)/t25-,26-. The zero-order valence-corrected chi connectivity index (χ0v) is 25.6. The summed E-state index contributed by atoms with van der Waals surface area (Å²) in [6.45, 7) is 5.91. The van der Waals surface area contributed by atoms with Gasteiger partial charge in [0.25, 0.3) is 11.8 Å². The average Bonchev–Trinajstić information content (AvgIpc) is 3.34. The second-order valence-corrected chi connectivity index (χ2v) is 12.0. The van der Waals surface area contributed by atoms with Gasteiger partial charge in [0.2, 0.25) is 0 Å². The van der Waals surface area contributed by atoms with Crippen molar-refractivity contribution in [1.82, 2.24) is 20.5 Å². The summed E-state index contributed by atoms with van der Waals surface area (Å²) in [6, 6.07) is 16.2. The minimum Gasteiger partial charge on any atom is -0.469 e. The Bertz CT molecular complexity index is 1570. The second kappa shape index (κ2) is 14.1. The van der Waals surface area contributed by atoms with E-state index in [0.717, 1.165) is 16.5 Å². The Morgan fingerprint density at radius 2 is 1.66 bits per heavy atom. The van der Waals surface area contributed by atoms with Gasteiger partial charge in [-0.2, -0.15) is 5.26 Å². The third-order valence-electron chi connectivity index (χ3n) is 7.42. The number of alkyl carbamates (subject to hydrolysis) is 1. The summed E-state index contributed by atoms with van der Waals surface area (Å²) in [5, 5.41) is 19.1. The molecule has 0 unspecified atom stereocenters. The number of aromatic nitrogens is 1. The van der Waals surface area contributed by atoms with E-state index in [1.165, 1.54) is 7.11 Å². The van der Waals surface area contributed by atoms with Crippen LogP contribution in [0.5, 0.6) is 0 Å². The van der Waals surface area contributed by atoms with E-state index in [-0.39, 0.29) is 43.4 Å². The number of hydrogen-bond acceptors (Lipinski definition) is 7. The van der Waals surface area contributed by atoms with Crippen LogP contribution in [-0.2, 0) is 20.8 Å². The Morgan fingerprint density at radius 3 is 2.32 bits per heavy atom. The van der Waals surface area contributed by atoms with Gasteiger partial charge in [0.15, 0.2) is 0 Å². The molecule has 1 fully saturated rings. The lowest BCUT2D eigenvalue weighted by Crippen LogP contribution is -2.45. The summed E-state index contributed by atoms with van der Waals surface area (Å²) in [5.74, 6) is -0.971. The van der Waals surface area contributed by atoms with Crippen LogP contribution in [0.4, 0.5) is 4.79 Å². The predicted octanol–water partition coefficient (Wildman–Crippen LogP) is 4.42. The number of carbonyl (C=O) groups is 4. The summed E-state index contributed by atoms with van der Waals surface area (Å²) in [4.78, 5) is 49.9. The molecule has 1 aliphatic rings. The lowest BCUT2D eigenvalue weighted by Gasteiger charge is -2.30. The largest absolute Gasteiger partial charge is 0.469 e. The minimum absolute atomic E-state index is 0.0150. The fourth-order valence-electron chi connectivity index (χ4n) is 5.27. The zero-order valence-electron chi connectivity index (χ0n) is 25.6. The van der Waals surface area contributed by atoms with Crippen molar-refractivity contribution in [2.45, 2.75) is 77.1 Å². The first-order valence-corrected chi connectivity index (χ1v) is 14.7. The number of hydrogen-bond donors (Lipinski definition) is 3. The number of nitrogens with one attached hydrogen (secondary N) is 3. The first-order valence-electron chi connectivity index (χ1n) is 14.7. The van der Waals surface area contributed by atoms with Crippen molar-refractivity contribution in [1.29, 1.82) is 5.26 Å². The topological polar surface area (TPSA) is 152 Å². The highest BCUT2D eigenvalue weighted by atomic mass is 16.6. The SMILES string of the molecule is COC(=O)CCNC(=O)c1cccc(Cn2c(C(=O)N[C@H]3CC[C@H](NC(=O)OC(C)(C)C)CC3)cc3ccc(C#N)cc32)c1. The van der Waals surface area contributed by atoms with Crippen LogP contribution in [0.25, 0.3) is 10.9 Å². The Kier molecular flexibility index (Phi) is 10.3. The molecule has 3 N–H and O–H groups in total. The molecule has 3 amide bonds. The van der Waals surface area contributed by atoms with Gasteiger partial charge in [-0.05, 0) is 82.3 Å². The number of benzene rings is 2. The van der Waals surface area contributed by atoms with E-state index in [0.29, 0.717) is 42.5 Å². The summed E-state index contributed by atoms with van der Waals surface area (Å²) < 4.78 is 11.8. The van der Waals surface area contributed by atoms with Crippen LogP contribution in [-0.4, -0.2) is 59.8 Å². The van der Waals surface area contributed by atoms with Gasteiger partial charge in [-0.15, -0.1) is 0 Å². The lowest BCUT2D eigenvalue weighted by atomic mass is 9.91. The molecule has 2 aromatic carbocycles. The number of amides is 3. The number of ether oxygens (including phenoxy) is 2. The van der Waals surface area contributed by atoms with Crippen molar-refractivity contribution < 1.29 is 28.7 Å². The highest BCUT2D eigenvalue weighted by Crippen LogP contribution is 2.25. The summed E-state index contributed by atoms with van der Waals surface area (Å²) >= 11 is 0. The molecular weight excluding hydrogens is 562 g/mol. The van der Waals surface area contributed by atoms with Gasteiger partial charge in [0.05, 0.1) is 30.7 Å². The molecule has 0 bridgehead atoms. The lowest BCUT2D eigenvalue weighted by molar-refractivity contribution is -0.140. The number of nitriles is 1. The summed E-state index contributed by atoms with van der Waals surface area (Å²) in [7, 11) is 1.30. The zero-order chi connectivity index (χ0) is 31.9. The third-order valence-corrected chi connectivity index (χ3v) is 7.42. The fourth-order valence-corrected chi connectivity index (χ4v) is 5.27. The van der Waals surface area contributed by atoms with Gasteiger partial charge in [0.1, 0.15) is 11.3 Å². The molecule has 1 saturated carbocycles. The van der Waals surface area contributed by atoms with Crippen LogP contribution in [0, 0.1) is 11.3 Å². The molecule has 0 aliphatic heterocycles. The molecule has 44 heavy (non-hydrogen) atoms. The van der Waals surface area contributed by atoms with E-state index >= 15 is 0 Å². The van der Waals surface area contributed by atoms with E-state index < -0.39 is 17.7 Å². The maximum absolute atomic E-state index is 13.6. The Hall–Kier alpha value is -4.85. The van der Waals surface area contributed by atoms with Gasteiger partial charge in [-0.1, -0.05) is 18.2 Å².